The first-order valence-electron chi connectivity index (χ1n) is 6.42. The van der Waals surface area contributed by atoms with Crippen molar-refractivity contribution in [3.8, 4) is 0 Å². The van der Waals surface area contributed by atoms with Gasteiger partial charge in [0.1, 0.15) is 0 Å². The first-order chi connectivity index (χ1) is 8.81. The summed E-state index contributed by atoms with van der Waals surface area (Å²) in [4.78, 5) is 0. The van der Waals surface area contributed by atoms with Crippen molar-refractivity contribution in [1.29, 1.82) is 0 Å². The molecule has 6 nitrogen and oxygen atoms in total. The zero-order valence-corrected chi connectivity index (χ0v) is 11.5. The molecule has 0 aliphatic carbocycles. The summed E-state index contributed by atoms with van der Waals surface area (Å²) in [7, 11) is 1.64. The Kier molecular flexibility index (Phi) is 14.6. The van der Waals surface area contributed by atoms with Crippen LogP contribution in [0.3, 0.4) is 0 Å². The van der Waals surface area contributed by atoms with Crippen molar-refractivity contribution >= 4 is 0 Å². The van der Waals surface area contributed by atoms with Crippen molar-refractivity contribution in [2.24, 2.45) is 0 Å². The molecule has 0 spiro atoms. The molecule has 110 valence electrons. The monoisotopic (exact) mass is 265 g/mol. The molecule has 1 unspecified atom stereocenters. The first-order valence-corrected chi connectivity index (χ1v) is 6.42. The Morgan fingerprint density at radius 1 is 1.00 bits per heavy atom. The fraction of sp³-hybridized carbons (Fsp3) is 1.00. The van der Waals surface area contributed by atoms with E-state index in [1.165, 1.54) is 0 Å². The fourth-order valence-corrected chi connectivity index (χ4v) is 1.20. The maximum atomic E-state index is 9.56. The Morgan fingerprint density at radius 2 is 1.72 bits per heavy atom. The van der Waals surface area contributed by atoms with Crippen molar-refractivity contribution in [2.75, 3.05) is 66.4 Å². The van der Waals surface area contributed by atoms with E-state index in [-0.39, 0.29) is 0 Å². The lowest BCUT2D eigenvalue weighted by Gasteiger charge is -2.12. The zero-order valence-electron chi connectivity index (χ0n) is 11.5. The number of nitrogens with one attached hydrogen (secondary N) is 1. The molecule has 0 aliphatic rings. The zero-order chi connectivity index (χ0) is 13.5. The number of ether oxygens (including phenoxy) is 4. The highest BCUT2D eigenvalue weighted by atomic mass is 16.5. The molecule has 0 aromatic heterocycles. The quantitative estimate of drug-likeness (QED) is 0.419. The highest BCUT2D eigenvalue weighted by Crippen LogP contribution is 1.85. The van der Waals surface area contributed by atoms with E-state index in [2.05, 4.69) is 5.32 Å². The number of rotatable bonds is 14. The molecule has 0 aromatic carbocycles. The third-order valence-electron chi connectivity index (χ3n) is 2.12. The van der Waals surface area contributed by atoms with Gasteiger partial charge in [-0.05, 0) is 6.92 Å². The van der Waals surface area contributed by atoms with Crippen molar-refractivity contribution in [3.05, 3.63) is 0 Å². The molecule has 0 heterocycles. The molecule has 0 aliphatic heterocycles. The second kappa shape index (κ2) is 14.8. The van der Waals surface area contributed by atoms with Crippen molar-refractivity contribution in [2.45, 2.75) is 13.0 Å². The third kappa shape index (κ3) is 13.8. The summed E-state index contributed by atoms with van der Waals surface area (Å²) < 4.78 is 20.5. The van der Waals surface area contributed by atoms with Crippen LogP contribution in [-0.2, 0) is 18.9 Å². The molecule has 0 aromatic rings. The summed E-state index contributed by atoms with van der Waals surface area (Å²) in [6.07, 6.45) is -0.495. The smallest absolute Gasteiger partial charge is 0.0897 e. The molecule has 6 heteroatoms. The molecule has 0 radical (unpaired) electrons. The molecule has 1 atom stereocenters. The largest absolute Gasteiger partial charge is 0.389 e. The minimum absolute atomic E-state index is 0.324. The van der Waals surface area contributed by atoms with Gasteiger partial charge in [-0.2, -0.15) is 0 Å². The Hall–Kier alpha value is -0.240. The number of hydrogen-bond donors (Lipinski definition) is 2. The molecule has 2 N–H and O–H groups in total. The van der Waals surface area contributed by atoms with E-state index in [1.54, 1.807) is 7.11 Å². The molecule has 0 fully saturated rings. The normalized spacial score (nSPS) is 12.8. The van der Waals surface area contributed by atoms with Gasteiger partial charge in [-0.3, -0.25) is 0 Å². The van der Waals surface area contributed by atoms with Crippen LogP contribution in [0.15, 0.2) is 0 Å². The van der Waals surface area contributed by atoms with Crippen LogP contribution in [0.1, 0.15) is 6.92 Å². The predicted octanol–water partition coefficient (Wildman–Crippen LogP) is -0.347. The van der Waals surface area contributed by atoms with Crippen molar-refractivity contribution in [3.63, 3.8) is 0 Å². The summed E-state index contributed by atoms with van der Waals surface area (Å²) >= 11 is 0. The van der Waals surface area contributed by atoms with E-state index in [0.29, 0.717) is 59.3 Å². The third-order valence-corrected chi connectivity index (χ3v) is 2.12. The number of aliphatic hydroxyl groups excluding tert-OH is 1. The van der Waals surface area contributed by atoms with E-state index in [0.717, 1.165) is 0 Å². The molecule has 18 heavy (non-hydrogen) atoms. The summed E-state index contributed by atoms with van der Waals surface area (Å²) in [5.41, 5.74) is 0. The fourth-order valence-electron chi connectivity index (χ4n) is 1.20. The second-order valence-corrected chi connectivity index (χ2v) is 3.73. The summed E-state index contributed by atoms with van der Waals surface area (Å²) in [6.45, 7) is 7.07. The molecule has 0 saturated heterocycles. The van der Waals surface area contributed by atoms with Gasteiger partial charge in [-0.15, -0.1) is 0 Å². The van der Waals surface area contributed by atoms with Gasteiger partial charge in [0.2, 0.25) is 0 Å². The van der Waals surface area contributed by atoms with Crippen LogP contribution >= 0.6 is 0 Å². The Morgan fingerprint density at radius 3 is 2.44 bits per heavy atom. The van der Waals surface area contributed by atoms with Crippen LogP contribution in [-0.4, -0.2) is 77.7 Å². The van der Waals surface area contributed by atoms with Gasteiger partial charge in [-0.1, -0.05) is 0 Å². The highest BCUT2D eigenvalue weighted by molar-refractivity contribution is 4.57. The van der Waals surface area contributed by atoms with Crippen LogP contribution < -0.4 is 5.32 Å². The minimum Gasteiger partial charge on any atom is -0.389 e. The van der Waals surface area contributed by atoms with E-state index in [1.807, 2.05) is 6.92 Å². The van der Waals surface area contributed by atoms with Gasteiger partial charge < -0.3 is 29.4 Å². The molecular formula is C12H27NO5. The lowest BCUT2D eigenvalue weighted by molar-refractivity contribution is 0.00569. The van der Waals surface area contributed by atoms with Gasteiger partial charge in [0, 0.05) is 26.8 Å². The molecular weight excluding hydrogens is 238 g/mol. The molecule has 0 saturated carbocycles. The molecule has 0 amide bonds. The Balaban J connectivity index is 3.09. The van der Waals surface area contributed by atoms with Crippen LogP contribution in [0.4, 0.5) is 0 Å². The molecule has 0 rings (SSSR count). The van der Waals surface area contributed by atoms with Crippen LogP contribution in [0.5, 0.6) is 0 Å². The van der Waals surface area contributed by atoms with E-state index in [9.17, 15) is 5.11 Å². The average Bonchev–Trinajstić information content (AvgIpc) is 2.37. The predicted molar refractivity (Wildman–Crippen MR) is 68.9 cm³/mol. The van der Waals surface area contributed by atoms with Gasteiger partial charge in [0.25, 0.3) is 0 Å². The first kappa shape index (κ1) is 17.8. The summed E-state index contributed by atoms with van der Waals surface area (Å²) in [5, 5.41) is 12.6. The van der Waals surface area contributed by atoms with Gasteiger partial charge in [0.15, 0.2) is 0 Å². The SMILES string of the molecule is CCOCCOCC(O)CNCCOCCOC. The number of methoxy groups -OCH3 is 1. The van der Waals surface area contributed by atoms with Crippen molar-refractivity contribution < 1.29 is 24.1 Å². The van der Waals surface area contributed by atoms with Gasteiger partial charge in [-0.25, -0.2) is 0 Å². The standard InChI is InChI=1S/C12H27NO5/c1-3-16-8-9-18-11-12(14)10-13-4-5-17-7-6-15-2/h12-14H,3-11H2,1-2H3. The van der Waals surface area contributed by atoms with E-state index >= 15 is 0 Å². The Labute approximate surface area is 110 Å². The topological polar surface area (TPSA) is 69.2 Å². The second-order valence-electron chi connectivity index (χ2n) is 3.73. The lowest BCUT2D eigenvalue weighted by atomic mass is 10.4. The van der Waals surface area contributed by atoms with Gasteiger partial charge in [0.05, 0.1) is 45.7 Å². The van der Waals surface area contributed by atoms with E-state index < -0.39 is 6.10 Å². The summed E-state index contributed by atoms with van der Waals surface area (Å²) in [5.74, 6) is 0. The Bertz CT molecular complexity index is 159. The molecule has 0 bridgehead atoms. The van der Waals surface area contributed by atoms with Crippen molar-refractivity contribution in [1.82, 2.24) is 5.32 Å². The van der Waals surface area contributed by atoms with Crippen LogP contribution in [0.25, 0.3) is 0 Å². The minimum atomic E-state index is -0.495. The average molecular weight is 265 g/mol. The highest BCUT2D eigenvalue weighted by Gasteiger charge is 2.03. The van der Waals surface area contributed by atoms with Gasteiger partial charge >= 0.3 is 0 Å². The number of aliphatic hydroxyl groups is 1. The summed E-state index contributed by atoms with van der Waals surface area (Å²) in [6, 6.07) is 0. The maximum Gasteiger partial charge on any atom is 0.0897 e. The lowest BCUT2D eigenvalue weighted by Crippen LogP contribution is -2.32. The van der Waals surface area contributed by atoms with Crippen LogP contribution in [0.2, 0.25) is 0 Å². The maximum absolute atomic E-state index is 9.56. The number of hydrogen-bond acceptors (Lipinski definition) is 6. The van der Waals surface area contributed by atoms with Crippen LogP contribution in [0, 0.1) is 0 Å². The van der Waals surface area contributed by atoms with E-state index in [4.69, 9.17) is 18.9 Å².